The lowest BCUT2D eigenvalue weighted by molar-refractivity contribution is 0.137. The Morgan fingerprint density at radius 2 is 1.63 bits per heavy atom. The van der Waals surface area contributed by atoms with Gasteiger partial charge in [-0.15, -0.1) is 0 Å². The molecule has 2 N–H and O–H groups in total. The van der Waals surface area contributed by atoms with Crippen LogP contribution in [0.1, 0.15) is 30.9 Å². The monoisotopic (exact) mass is 389 g/mol. The van der Waals surface area contributed by atoms with Gasteiger partial charge in [0, 0.05) is 13.0 Å². The fourth-order valence-corrected chi connectivity index (χ4v) is 4.75. The van der Waals surface area contributed by atoms with E-state index < -0.39 is 19.5 Å². The van der Waals surface area contributed by atoms with Gasteiger partial charge in [-0.05, 0) is 28.2 Å². The summed E-state index contributed by atoms with van der Waals surface area (Å²) in [4.78, 5) is 22.2. The van der Waals surface area contributed by atoms with Crippen molar-refractivity contribution in [2.45, 2.75) is 25.5 Å². The highest BCUT2D eigenvalue weighted by molar-refractivity contribution is 7.53. The molecule has 0 saturated heterocycles. The van der Waals surface area contributed by atoms with Gasteiger partial charge in [-0.2, -0.15) is 0 Å². The number of carbonyl (C=O) groups is 1. The maximum Gasteiger partial charge on any atom is 0.407 e. The van der Waals surface area contributed by atoms with Gasteiger partial charge in [0.1, 0.15) is 12.4 Å². The van der Waals surface area contributed by atoms with Crippen LogP contribution in [0.25, 0.3) is 11.1 Å². The van der Waals surface area contributed by atoms with Gasteiger partial charge < -0.3 is 19.5 Å². The van der Waals surface area contributed by atoms with Crippen LogP contribution < -0.4 is 5.32 Å². The molecule has 2 aromatic rings. The Hall–Kier alpha value is -2.14. The summed E-state index contributed by atoms with van der Waals surface area (Å²) in [5.41, 5.74) is 4.50. The van der Waals surface area contributed by atoms with Crippen molar-refractivity contribution in [2.75, 3.05) is 13.7 Å². The highest BCUT2D eigenvalue weighted by Crippen LogP contribution is 2.48. The summed E-state index contributed by atoms with van der Waals surface area (Å²) in [5, 5.41) is 2.48. The Labute approximate surface area is 159 Å². The second-order valence-corrected chi connectivity index (χ2v) is 8.96. The molecule has 7 heteroatoms. The summed E-state index contributed by atoms with van der Waals surface area (Å²) in [6.45, 7) is 3.61. The van der Waals surface area contributed by atoms with Crippen LogP contribution in [0.4, 0.5) is 4.79 Å². The van der Waals surface area contributed by atoms with Crippen LogP contribution in [-0.2, 0) is 13.8 Å². The molecule has 1 amide bonds. The summed E-state index contributed by atoms with van der Waals surface area (Å²) in [6.07, 6.45) is -0.734. The molecule has 0 saturated carbocycles. The normalized spacial score (nSPS) is 16.3. The van der Waals surface area contributed by atoms with Crippen LogP contribution in [-0.4, -0.2) is 30.5 Å². The number of nitrogens with one attached hydrogen (secondary N) is 1. The van der Waals surface area contributed by atoms with Crippen LogP contribution in [0.2, 0.25) is 0 Å². The second kappa shape index (κ2) is 7.85. The molecule has 0 aromatic heterocycles. The lowest BCUT2D eigenvalue weighted by atomic mass is 9.98. The first-order valence-corrected chi connectivity index (χ1v) is 10.5. The molecule has 2 unspecified atom stereocenters. The van der Waals surface area contributed by atoms with Crippen LogP contribution in [0, 0.1) is 5.92 Å². The number of hydrogen-bond acceptors (Lipinski definition) is 4. The largest absolute Gasteiger partial charge is 0.449 e. The maximum atomic E-state index is 12.3. The Balaban J connectivity index is 1.73. The molecule has 2 atom stereocenters. The van der Waals surface area contributed by atoms with Crippen LogP contribution >= 0.6 is 7.60 Å². The number of rotatable bonds is 6. The molecular weight excluding hydrogens is 365 g/mol. The highest BCUT2D eigenvalue weighted by Gasteiger charge is 2.36. The standard InChI is InChI=1S/C20H24NO5P/c1-13(2)19(27(23,24)25-3)21-20(22)26-12-18-16-10-6-4-8-14(16)15-9-5-7-11-17(15)18/h4-11,13,18-19H,12H2,1-3H3,(H,21,22)(H,23,24). The van der Waals surface area contributed by atoms with E-state index in [0.29, 0.717) is 0 Å². The average molecular weight is 389 g/mol. The van der Waals surface area contributed by atoms with E-state index in [4.69, 9.17) is 4.74 Å². The van der Waals surface area contributed by atoms with Crippen molar-refractivity contribution in [3.05, 3.63) is 59.7 Å². The molecule has 27 heavy (non-hydrogen) atoms. The van der Waals surface area contributed by atoms with E-state index in [-0.39, 0.29) is 18.4 Å². The zero-order chi connectivity index (χ0) is 19.6. The molecule has 3 rings (SSSR count). The molecule has 0 spiro atoms. The van der Waals surface area contributed by atoms with Gasteiger partial charge in [-0.3, -0.25) is 4.57 Å². The van der Waals surface area contributed by atoms with E-state index in [9.17, 15) is 14.3 Å². The lowest BCUT2D eigenvalue weighted by Gasteiger charge is -2.25. The van der Waals surface area contributed by atoms with Gasteiger partial charge in [0.15, 0.2) is 0 Å². The molecule has 1 aliphatic rings. The summed E-state index contributed by atoms with van der Waals surface area (Å²) < 4.78 is 22.2. The van der Waals surface area contributed by atoms with Crippen molar-refractivity contribution in [3.63, 3.8) is 0 Å². The zero-order valence-corrected chi connectivity index (χ0v) is 16.5. The van der Waals surface area contributed by atoms with Gasteiger partial charge in [0.25, 0.3) is 0 Å². The van der Waals surface area contributed by atoms with Crippen molar-refractivity contribution >= 4 is 13.7 Å². The Bertz CT molecular complexity index is 837. The van der Waals surface area contributed by atoms with E-state index in [2.05, 4.69) is 22.0 Å². The number of hydrogen-bond donors (Lipinski definition) is 2. The predicted octanol–water partition coefficient (Wildman–Crippen LogP) is 4.34. The van der Waals surface area contributed by atoms with E-state index in [1.807, 2.05) is 36.4 Å². The maximum absolute atomic E-state index is 12.3. The molecular formula is C20H24NO5P. The Kier molecular flexibility index (Phi) is 5.70. The summed E-state index contributed by atoms with van der Waals surface area (Å²) in [5.74, 6) is -1.39. The van der Waals surface area contributed by atoms with Gasteiger partial charge in [0.2, 0.25) is 0 Å². The highest BCUT2D eigenvalue weighted by atomic mass is 31.2. The third-order valence-corrected chi connectivity index (χ3v) is 6.81. The minimum Gasteiger partial charge on any atom is -0.449 e. The molecule has 0 fully saturated rings. The zero-order valence-electron chi connectivity index (χ0n) is 15.6. The van der Waals surface area contributed by atoms with Crippen LogP contribution in [0.15, 0.2) is 48.5 Å². The summed E-state index contributed by atoms with van der Waals surface area (Å²) in [7, 11) is -2.81. The van der Waals surface area contributed by atoms with Crippen molar-refractivity contribution in [1.29, 1.82) is 0 Å². The van der Waals surface area contributed by atoms with Crippen LogP contribution in [0.5, 0.6) is 0 Å². The third-order valence-electron chi connectivity index (χ3n) is 4.85. The second-order valence-electron chi connectivity index (χ2n) is 6.91. The first-order valence-electron chi connectivity index (χ1n) is 8.85. The first-order chi connectivity index (χ1) is 12.8. The fourth-order valence-electron chi connectivity index (χ4n) is 3.50. The van der Waals surface area contributed by atoms with Gasteiger partial charge in [-0.25, -0.2) is 4.79 Å². The smallest absolute Gasteiger partial charge is 0.407 e. The van der Waals surface area contributed by atoms with Gasteiger partial charge in [-0.1, -0.05) is 62.4 Å². The quantitative estimate of drug-likeness (QED) is 0.718. The predicted molar refractivity (Wildman–Crippen MR) is 104 cm³/mol. The lowest BCUT2D eigenvalue weighted by Crippen LogP contribution is -2.39. The average Bonchev–Trinajstić information content (AvgIpc) is 2.98. The van der Waals surface area contributed by atoms with Gasteiger partial charge >= 0.3 is 13.7 Å². The van der Waals surface area contributed by atoms with Crippen molar-refractivity contribution in [3.8, 4) is 11.1 Å². The minimum atomic E-state index is -3.96. The topological polar surface area (TPSA) is 84.9 Å². The molecule has 0 bridgehead atoms. The molecule has 0 aliphatic heterocycles. The third kappa shape index (κ3) is 3.93. The van der Waals surface area contributed by atoms with Crippen molar-refractivity contribution in [2.24, 2.45) is 5.92 Å². The van der Waals surface area contributed by atoms with Crippen molar-refractivity contribution in [1.82, 2.24) is 5.32 Å². The van der Waals surface area contributed by atoms with Crippen LogP contribution in [0.3, 0.4) is 0 Å². The Morgan fingerprint density at radius 3 is 2.11 bits per heavy atom. The summed E-state index contributed by atoms with van der Waals surface area (Å²) >= 11 is 0. The van der Waals surface area contributed by atoms with Crippen molar-refractivity contribution < 1.29 is 23.5 Å². The van der Waals surface area contributed by atoms with E-state index >= 15 is 0 Å². The van der Waals surface area contributed by atoms with E-state index in [0.717, 1.165) is 29.4 Å². The number of alkyl carbamates (subject to hydrolysis) is 1. The minimum absolute atomic E-state index is 0.0657. The number of fused-ring (bicyclic) bond motifs is 3. The number of ether oxygens (including phenoxy) is 1. The number of carbonyl (C=O) groups excluding carboxylic acids is 1. The molecule has 0 radical (unpaired) electrons. The van der Waals surface area contributed by atoms with Gasteiger partial charge in [0.05, 0.1) is 0 Å². The fraction of sp³-hybridized carbons (Fsp3) is 0.350. The molecule has 2 aromatic carbocycles. The Morgan fingerprint density at radius 1 is 1.11 bits per heavy atom. The summed E-state index contributed by atoms with van der Waals surface area (Å²) in [6, 6.07) is 16.1. The molecule has 144 valence electrons. The number of benzene rings is 2. The van der Waals surface area contributed by atoms with E-state index in [1.165, 1.54) is 0 Å². The SMILES string of the molecule is COP(=O)(O)C(NC(=O)OCC1c2ccccc2-c2ccccc21)C(C)C. The molecule has 6 nitrogen and oxygen atoms in total. The number of amides is 1. The van der Waals surface area contributed by atoms with E-state index in [1.54, 1.807) is 13.8 Å². The molecule has 0 heterocycles. The first kappa shape index (κ1) is 19.6. The molecule has 1 aliphatic carbocycles.